The van der Waals surface area contributed by atoms with Gasteiger partial charge in [-0.3, -0.25) is 4.79 Å². The van der Waals surface area contributed by atoms with E-state index in [1.54, 1.807) is 30.1 Å². The summed E-state index contributed by atoms with van der Waals surface area (Å²) in [6.07, 6.45) is 2.65. The number of carbonyl (C=O) groups is 2. The summed E-state index contributed by atoms with van der Waals surface area (Å²) in [6, 6.07) is 14.3. The first-order valence-corrected chi connectivity index (χ1v) is 7.70. The van der Waals surface area contributed by atoms with E-state index in [1.165, 1.54) is 6.07 Å². The first-order chi connectivity index (χ1) is 11.6. The highest BCUT2D eigenvalue weighted by Crippen LogP contribution is 2.19. The smallest absolute Gasteiger partial charge is 0.336 e. The summed E-state index contributed by atoms with van der Waals surface area (Å²) in [5.74, 6) is -1.38. The summed E-state index contributed by atoms with van der Waals surface area (Å²) in [4.78, 5) is 28.6. The summed E-state index contributed by atoms with van der Waals surface area (Å²) in [5.41, 5.74) is 2.45. The number of hydrogen-bond acceptors (Lipinski definition) is 2. The number of hydrogen-bond donors (Lipinski definition) is 2. The van der Waals surface area contributed by atoms with E-state index < -0.39 is 5.97 Å². The molecule has 5 nitrogen and oxygen atoms in total. The Hall–Kier alpha value is -3.08. The number of nitrogens with zero attached hydrogens (tertiary/aromatic N) is 1. The fraction of sp³-hybridized carbons (Fsp3) is 0.158. The van der Waals surface area contributed by atoms with Crippen molar-refractivity contribution < 1.29 is 14.7 Å². The maximum absolute atomic E-state index is 12.5. The third-order valence-corrected chi connectivity index (χ3v) is 4.13. The second-order valence-electron chi connectivity index (χ2n) is 5.69. The number of aromatic amines is 1. The molecule has 122 valence electrons. The van der Waals surface area contributed by atoms with Crippen molar-refractivity contribution in [1.82, 2.24) is 9.88 Å². The van der Waals surface area contributed by atoms with Gasteiger partial charge in [0.15, 0.2) is 0 Å². The molecule has 0 bridgehead atoms. The molecule has 0 radical (unpaired) electrons. The Morgan fingerprint density at radius 2 is 1.71 bits per heavy atom. The van der Waals surface area contributed by atoms with Crippen LogP contribution < -0.4 is 0 Å². The zero-order chi connectivity index (χ0) is 17.1. The van der Waals surface area contributed by atoms with E-state index >= 15 is 0 Å². The zero-order valence-electron chi connectivity index (χ0n) is 13.3. The maximum Gasteiger partial charge on any atom is 0.336 e. The molecule has 1 aromatic heterocycles. The van der Waals surface area contributed by atoms with Gasteiger partial charge in [-0.15, -0.1) is 0 Å². The Balaban J connectivity index is 1.74. The number of carboxylic acid groups (broad SMARTS) is 1. The molecule has 2 N–H and O–H groups in total. The number of para-hydroxylation sites is 1. The highest BCUT2D eigenvalue weighted by Gasteiger charge is 2.19. The number of aromatic nitrogens is 1. The number of carboxylic acids is 1. The molecule has 0 saturated carbocycles. The molecule has 1 heterocycles. The average molecular weight is 322 g/mol. The second kappa shape index (κ2) is 6.58. The van der Waals surface area contributed by atoms with Crippen LogP contribution in [0.1, 0.15) is 26.3 Å². The molecule has 0 aliphatic rings. The number of aromatic carboxylic acids is 1. The largest absolute Gasteiger partial charge is 0.478 e. The van der Waals surface area contributed by atoms with E-state index in [0.717, 1.165) is 16.5 Å². The van der Waals surface area contributed by atoms with E-state index in [-0.39, 0.29) is 17.0 Å². The van der Waals surface area contributed by atoms with Crippen LogP contribution in [0, 0.1) is 0 Å². The van der Waals surface area contributed by atoms with Crippen LogP contribution in [-0.2, 0) is 6.42 Å². The van der Waals surface area contributed by atoms with Gasteiger partial charge in [0, 0.05) is 30.7 Å². The van der Waals surface area contributed by atoms with Crippen molar-refractivity contribution in [1.29, 1.82) is 0 Å². The van der Waals surface area contributed by atoms with Gasteiger partial charge in [0.1, 0.15) is 0 Å². The molecule has 2 aromatic carbocycles. The normalized spacial score (nSPS) is 10.7. The number of H-pyrrole nitrogens is 1. The van der Waals surface area contributed by atoms with Crippen molar-refractivity contribution >= 4 is 22.8 Å². The molecule has 3 aromatic rings. The van der Waals surface area contributed by atoms with Crippen LogP contribution in [-0.4, -0.2) is 40.5 Å². The summed E-state index contributed by atoms with van der Waals surface area (Å²) in [6.45, 7) is 0.509. The molecular formula is C19H18N2O3. The SMILES string of the molecule is CN(CCc1c[nH]c2ccccc12)C(=O)c1ccccc1C(=O)O. The van der Waals surface area contributed by atoms with Crippen LogP contribution >= 0.6 is 0 Å². The van der Waals surface area contributed by atoms with Crippen molar-refractivity contribution in [2.45, 2.75) is 6.42 Å². The number of rotatable bonds is 5. The monoisotopic (exact) mass is 322 g/mol. The van der Waals surface area contributed by atoms with Gasteiger partial charge in [0.2, 0.25) is 0 Å². The van der Waals surface area contributed by atoms with E-state index in [2.05, 4.69) is 4.98 Å². The molecule has 0 unspecified atom stereocenters. The Morgan fingerprint density at radius 1 is 1.04 bits per heavy atom. The van der Waals surface area contributed by atoms with Crippen molar-refractivity contribution in [3.63, 3.8) is 0 Å². The number of nitrogens with one attached hydrogen (secondary N) is 1. The Kier molecular flexibility index (Phi) is 4.33. The molecular weight excluding hydrogens is 304 g/mol. The minimum atomic E-state index is -1.09. The van der Waals surface area contributed by atoms with Crippen molar-refractivity contribution in [2.24, 2.45) is 0 Å². The molecule has 1 amide bonds. The third-order valence-electron chi connectivity index (χ3n) is 4.13. The van der Waals surface area contributed by atoms with Crippen LogP contribution in [0.2, 0.25) is 0 Å². The van der Waals surface area contributed by atoms with Gasteiger partial charge in [0.25, 0.3) is 5.91 Å². The van der Waals surface area contributed by atoms with E-state index in [1.807, 2.05) is 30.5 Å². The van der Waals surface area contributed by atoms with Gasteiger partial charge >= 0.3 is 5.97 Å². The lowest BCUT2D eigenvalue weighted by molar-refractivity contribution is 0.0682. The van der Waals surface area contributed by atoms with Crippen LogP contribution in [0.15, 0.2) is 54.7 Å². The average Bonchev–Trinajstić information content (AvgIpc) is 3.02. The molecule has 0 aliphatic heterocycles. The summed E-state index contributed by atoms with van der Waals surface area (Å²) < 4.78 is 0. The Morgan fingerprint density at radius 3 is 2.46 bits per heavy atom. The molecule has 0 saturated heterocycles. The number of fused-ring (bicyclic) bond motifs is 1. The van der Waals surface area contributed by atoms with Crippen LogP contribution in [0.3, 0.4) is 0 Å². The first-order valence-electron chi connectivity index (χ1n) is 7.70. The second-order valence-corrected chi connectivity index (χ2v) is 5.69. The van der Waals surface area contributed by atoms with Crippen LogP contribution in [0.25, 0.3) is 10.9 Å². The molecule has 0 atom stereocenters. The highest BCUT2D eigenvalue weighted by molar-refractivity contribution is 6.04. The van der Waals surface area contributed by atoms with Gasteiger partial charge in [0.05, 0.1) is 11.1 Å². The summed E-state index contributed by atoms with van der Waals surface area (Å²) in [5, 5.41) is 10.4. The number of likely N-dealkylation sites (N-methyl/N-ethyl adjacent to an activating group) is 1. The van der Waals surface area contributed by atoms with Gasteiger partial charge in [-0.2, -0.15) is 0 Å². The molecule has 5 heteroatoms. The predicted octanol–water partition coefficient (Wildman–Crippen LogP) is 3.18. The summed E-state index contributed by atoms with van der Waals surface area (Å²) >= 11 is 0. The lowest BCUT2D eigenvalue weighted by Gasteiger charge is -2.18. The van der Waals surface area contributed by atoms with Crippen LogP contribution in [0.5, 0.6) is 0 Å². The van der Waals surface area contributed by atoms with Crippen LogP contribution in [0.4, 0.5) is 0 Å². The zero-order valence-corrected chi connectivity index (χ0v) is 13.3. The van der Waals surface area contributed by atoms with Gasteiger partial charge in [-0.25, -0.2) is 4.79 Å². The third kappa shape index (κ3) is 3.01. The number of amides is 1. The summed E-state index contributed by atoms with van der Waals surface area (Å²) in [7, 11) is 1.69. The van der Waals surface area contributed by atoms with E-state index in [0.29, 0.717) is 13.0 Å². The molecule has 0 spiro atoms. The fourth-order valence-electron chi connectivity index (χ4n) is 2.79. The van der Waals surface area contributed by atoms with Crippen molar-refractivity contribution in [3.05, 3.63) is 71.4 Å². The first kappa shape index (κ1) is 15.8. The quantitative estimate of drug-likeness (QED) is 0.757. The topological polar surface area (TPSA) is 73.4 Å². The molecule has 0 fully saturated rings. The Bertz CT molecular complexity index is 898. The maximum atomic E-state index is 12.5. The van der Waals surface area contributed by atoms with Gasteiger partial charge < -0.3 is 15.0 Å². The Labute approximate surface area is 139 Å². The highest BCUT2D eigenvalue weighted by atomic mass is 16.4. The molecule has 0 aliphatic carbocycles. The minimum Gasteiger partial charge on any atom is -0.478 e. The van der Waals surface area contributed by atoms with Gasteiger partial charge in [-0.05, 0) is 30.2 Å². The van der Waals surface area contributed by atoms with Crippen molar-refractivity contribution in [3.8, 4) is 0 Å². The lowest BCUT2D eigenvalue weighted by Crippen LogP contribution is -2.30. The lowest BCUT2D eigenvalue weighted by atomic mass is 10.1. The molecule has 3 rings (SSSR count). The van der Waals surface area contributed by atoms with E-state index in [4.69, 9.17) is 0 Å². The van der Waals surface area contributed by atoms with Crippen molar-refractivity contribution in [2.75, 3.05) is 13.6 Å². The predicted molar refractivity (Wildman–Crippen MR) is 92.4 cm³/mol. The standard InChI is InChI=1S/C19H18N2O3/c1-21(18(22)15-7-2-3-8-16(15)19(23)24)11-10-13-12-20-17-9-5-4-6-14(13)17/h2-9,12,20H,10-11H2,1H3,(H,23,24). The minimum absolute atomic E-state index is 0.0291. The fourth-order valence-corrected chi connectivity index (χ4v) is 2.79. The number of carbonyl (C=O) groups excluding carboxylic acids is 1. The van der Waals surface area contributed by atoms with E-state index in [9.17, 15) is 14.7 Å². The van der Waals surface area contributed by atoms with Gasteiger partial charge in [-0.1, -0.05) is 30.3 Å². The molecule has 24 heavy (non-hydrogen) atoms. The number of benzene rings is 2.